The van der Waals surface area contributed by atoms with Crippen LogP contribution < -0.4 is 0 Å². The second kappa shape index (κ2) is 6.82. The first-order chi connectivity index (χ1) is 10.3. The number of methoxy groups -OCH3 is 2. The van der Waals surface area contributed by atoms with Crippen LogP contribution in [0.4, 0.5) is 0 Å². The molecule has 0 aliphatic rings. The maximum Gasteiger partial charge on any atom is 0.348 e. The van der Waals surface area contributed by atoms with Crippen LogP contribution in [0.25, 0.3) is 11.1 Å². The summed E-state index contributed by atoms with van der Waals surface area (Å²) in [5.41, 5.74) is 3.21. The van der Waals surface area contributed by atoms with Gasteiger partial charge in [0.05, 0.1) is 21.8 Å². The maximum absolute atomic E-state index is 12.1. The summed E-state index contributed by atoms with van der Waals surface area (Å²) in [6, 6.07) is 0. The number of hydrogen-bond acceptors (Lipinski definition) is 6. The molecule has 0 aliphatic carbocycles. The molecule has 0 atom stereocenters. The Bertz CT molecular complexity index is 697. The van der Waals surface area contributed by atoms with E-state index >= 15 is 0 Å². The van der Waals surface area contributed by atoms with Crippen LogP contribution in [-0.2, 0) is 9.47 Å². The fraction of sp³-hybridized carbons (Fsp3) is 0.286. The van der Waals surface area contributed by atoms with Crippen LogP contribution in [0.3, 0.4) is 0 Å². The predicted molar refractivity (Wildman–Crippen MR) is 95.2 cm³/mol. The Balaban J connectivity index is 2.82. The highest BCUT2D eigenvalue weighted by Crippen LogP contribution is 2.46. The van der Waals surface area contributed by atoms with Gasteiger partial charge in [0.1, 0.15) is 9.75 Å². The lowest BCUT2D eigenvalue weighted by Gasteiger charge is -2.07. The van der Waals surface area contributed by atoms with Crippen molar-refractivity contribution in [2.45, 2.75) is 13.8 Å². The van der Waals surface area contributed by atoms with Gasteiger partial charge in [0.15, 0.2) is 0 Å². The molecule has 0 N–H and O–H groups in total. The van der Waals surface area contributed by atoms with Crippen LogP contribution in [0.2, 0.25) is 0 Å². The number of halogens is 2. The summed E-state index contributed by atoms with van der Waals surface area (Å²) in [6.45, 7) is 3.79. The number of esters is 2. The van der Waals surface area contributed by atoms with E-state index in [-0.39, 0.29) is 0 Å². The number of rotatable bonds is 3. The minimum absolute atomic E-state index is 0.425. The zero-order valence-electron chi connectivity index (χ0n) is 12.2. The quantitative estimate of drug-likeness (QED) is 0.582. The minimum atomic E-state index is -0.425. The van der Waals surface area contributed by atoms with Crippen molar-refractivity contribution in [2.75, 3.05) is 14.2 Å². The Morgan fingerprint density at radius 2 is 1.14 bits per heavy atom. The molecule has 0 saturated carbocycles. The highest BCUT2D eigenvalue weighted by Gasteiger charge is 2.29. The normalized spacial score (nSPS) is 10.6. The highest BCUT2D eigenvalue weighted by atomic mass is 79.9. The Kier molecular flexibility index (Phi) is 5.47. The standard InChI is InChI=1S/C14H12Br2O4S2/c1-5-7(9(13(17)19-3)21-11(5)15)8-6(2)12(16)22-10(8)14(18)20-4/h1-4H3. The molecule has 0 bridgehead atoms. The molecule has 0 aromatic carbocycles. The molecule has 0 amide bonds. The summed E-state index contributed by atoms with van der Waals surface area (Å²) >= 11 is 9.50. The van der Waals surface area contributed by atoms with Crippen LogP contribution in [-0.4, -0.2) is 26.2 Å². The first kappa shape index (κ1) is 17.7. The van der Waals surface area contributed by atoms with E-state index in [0.717, 1.165) is 18.7 Å². The van der Waals surface area contributed by atoms with Gasteiger partial charge in [0.2, 0.25) is 0 Å². The largest absolute Gasteiger partial charge is 0.465 e. The van der Waals surface area contributed by atoms with Crippen LogP contribution in [0.5, 0.6) is 0 Å². The lowest BCUT2D eigenvalue weighted by molar-refractivity contribution is 0.0595. The third kappa shape index (κ3) is 2.89. The van der Waals surface area contributed by atoms with Gasteiger partial charge < -0.3 is 9.47 Å². The second-order valence-electron chi connectivity index (χ2n) is 4.39. The SMILES string of the molecule is COC(=O)c1sc(Br)c(C)c1-c1c(C(=O)OC)sc(Br)c1C. The molecular formula is C14H12Br2O4S2. The van der Waals surface area contributed by atoms with Crippen molar-refractivity contribution < 1.29 is 19.1 Å². The maximum atomic E-state index is 12.1. The lowest BCUT2D eigenvalue weighted by Crippen LogP contribution is -2.04. The fourth-order valence-electron chi connectivity index (χ4n) is 2.05. The Morgan fingerprint density at radius 1 is 0.818 bits per heavy atom. The molecule has 2 heterocycles. The molecule has 0 spiro atoms. The second-order valence-corrected chi connectivity index (χ2v) is 9.07. The van der Waals surface area contributed by atoms with Crippen molar-refractivity contribution in [3.05, 3.63) is 28.5 Å². The molecule has 2 rings (SSSR count). The molecule has 2 aromatic rings. The number of hydrogen-bond donors (Lipinski definition) is 0. The molecule has 8 heteroatoms. The Hall–Kier alpha value is -0.700. The van der Waals surface area contributed by atoms with E-state index in [1.54, 1.807) is 0 Å². The average Bonchev–Trinajstić information content (AvgIpc) is 2.96. The van der Waals surface area contributed by atoms with Crippen molar-refractivity contribution >= 4 is 66.5 Å². The van der Waals surface area contributed by atoms with Crippen LogP contribution in [0, 0.1) is 13.8 Å². The number of ether oxygens (including phenoxy) is 2. The highest BCUT2D eigenvalue weighted by molar-refractivity contribution is 9.11. The van der Waals surface area contributed by atoms with Crippen LogP contribution in [0.1, 0.15) is 30.5 Å². The summed E-state index contributed by atoms with van der Waals surface area (Å²) < 4.78 is 11.4. The fourth-order valence-corrected chi connectivity index (χ4v) is 5.33. The number of carbonyl (C=O) groups is 2. The molecule has 118 valence electrons. The molecule has 0 aliphatic heterocycles. The third-order valence-corrected chi connectivity index (χ3v) is 7.45. The Labute approximate surface area is 152 Å². The van der Waals surface area contributed by atoms with E-state index in [1.165, 1.54) is 36.9 Å². The van der Waals surface area contributed by atoms with Gasteiger partial charge >= 0.3 is 11.9 Å². The van der Waals surface area contributed by atoms with Gasteiger partial charge in [-0.2, -0.15) is 0 Å². The molecule has 0 fully saturated rings. The molecule has 4 nitrogen and oxygen atoms in total. The van der Waals surface area contributed by atoms with E-state index in [9.17, 15) is 9.59 Å². The summed E-state index contributed by atoms with van der Waals surface area (Å²) in [4.78, 5) is 25.1. The smallest absolute Gasteiger partial charge is 0.348 e. The van der Waals surface area contributed by atoms with Gasteiger partial charge in [-0.1, -0.05) is 0 Å². The monoisotopic (exact) mass is 466 g/mol. The van der Waals surface area contributed by atoms with Gasteiger partial charge in [-0.15, -0.1) is 22.7 Å². The topological polar surface area (TPSA) is 52.6 Å². The van der Waals surface area contributed by atoms with Crippen molar-refractivity contribution in [2.24, 2.45) is 0 Å². The zero-order valence-corrected chi connectivity index (χ0v) is 17.0. The van der Waals surface area contributed by atoms with Gasteiger partial charge in [0.25, 0.3) is 0 Å². The molecule has 22 heavy (non-hydrogen) atoms. The first-order valence-electron chi connectivity index (χ1n) is 6.08. The van der Waals surface area contributed by atoms with Gasteiger partial charge in [-0.05, 0) is 56.8 Å². The zero-order chi connectivity index (χ0) is 16.6. The molecule has 0 saturated heterocycles. The van der Waals surface area contributed by atoms with E-state index in [2.05, 4.69) is 31.9 Å². The van der Waals surface area contributed by atoms with Crippen molar-refractivity contribution in [3.8, 4) is 11.1 Å². The first-order valence-corrected chi connectivity index (χ1v) is 9.30. The van der Waals surface area contributed by atoms with Crippen molar-refractivity contribution in [3.63, 3.8) is 0 Å². The summed E-state index contributed by atoms with van der Waals surface area (Å²) in [7, 11) is 2.68. The van der Waals surface area contributed by atoms with E-state index < -0.39 is 11.9 Å². The lowest BCUT2D eigenvalue weighted by atomic mass is 9.99. The van der Waals surface area contributed by atoms with Gasteiger partial charge in [-0.3, -0.25) is 0 Å². The average molecular weight is 468 g/mol. The summed E-state index contributed by atoms with van der Waals surface area (Å²) in [6.07, 6.45) is 0. The van der Waals surface area contributed by atoms with Crippen molar-refractivity contribution in [1.29, 1.82) is 0 Å². The predicted octanol–water partition coefficient (Wildman–Crippen LogP) is 5.19. The van der Waals surface area contributed by atoms with E-state index in [0.29, 0.717) is 20.9 Å². The van der Waals surface area contributed by atoms with Crippen LogP contribution >= 0.6 is 54.5 Å². The Morgan fingerprint density at radius 3 is 1.41 bits per heavy atom. The molecular weight excluding hydrogens is 456 g/mol. The molecule has 0 unspecified atom stereocenters. The van der Waals surface area contributed by atoms with E-state index in [1.807, 2.05) is 13.8 Å². The van der Waals surface area contributed by atoms with Gasteiger partial charge in [-0.25, -0.2) is 9.59 Å². The van der Waals surface area contributed by atoms with E-state index in [4.69, 9.17) is 9.47 Å². The summed E-state index contributed by atoms with van der Waals surface area (Å²) in [5, 5.41) is 0. The number of thiophene rings is 2. The minimum Gasteiger partial charge on any atom is -0.465 e. The van der Waals surface area contributed by atoms with Crippen molar-refractivity contribution in [1.82, 2.24) is 0 Å². The van der Waals surface area contributed by atoms with Gasteiger partial charge in [0, 0.05) is 11.1 Å². The molecule has 2 aromatic heterocycles. The molecule has 0 radical (unpaired) electrons. The summed E-state index contributed by atoms with van der Waals surface area (Å²) in [5.74, 6) is -0.849. The number of carbonyl (C=O) groups excluding carboxylic acids is 2. The van der Waals surface area contributed by atoms with Crippen LogP contribution in [0.15, 0.2) is 7.57 Å². The third-order valence-electron chi connectivity index (χ3n) is 3.17.